The number of nitrogens with zero attached hydrogens (tertiary/aromatic N) is 2. The number of aromatic nitrogens is 1. The Morgan fingerprint density at radius 3 is 2.67 bits per heavy atom. The van der Waals surface area contributed by atoms with Crippen LogP contribution < -0.4 is 5.32 Å². The summed E-state index contributed by atoms with van der Waals surface area (Å²) in [6.45, 7) is 2.27. The molecule has 1 N–H and O–H groups in total. The molecule has 4 rings (SSSR count). The van der Waals surface area contributed by atoms with Gasteiger partial charge in [-0.05, 0) is 30.5 Å². The number of hydrogen-bond acceptors (Lipinski definition) is 4. The van der Waals surface area contributed by atoms with Crippen LogP contribution in [-0.4, -0.2) is 29.4 Å². The van der Waals surface area contributed by atoms with E-state index in [-0.39, 0.29) is 18.5 Å². The first-order chi connectivity index (χ1) is 13.1. The molecule has 0 saturated heterocycles. The molecular formula is C22H21N3OS. The predicted octanol–water partition coefficient (Wildman–Crippen LogP) is 5.08. The van der Waals surface area contributed by atoms with Gasteiger partial charge in [-0.25, -0.2) is 4.98 Å². The zero-order valence-electron chi connectivity index (χ0n) is 15.3. The molecule has 1 aromatic heterocycles. The van der Waals surface area contributed by atoms with E-state index in [1.54, 1.807) is 16.2 Å². The third kappa shape index (κ3) is 3.51. The van der Waals surface area contributed by atoms with Gasteiger partial charge in [-0.2, -0.15) is 0 Å². The number of para-hydroxylation sites is 1. The normalized spacial score (nSPS) is 12.2. The molecule has 0 radical (unpaired) electrons. The molecule has 0 spiro atoms. The van der Waals surface area contributed by atoms with Crippen molar-refractivity contribution in [3.63, 3.8) is 0 Å². The van der Waals surface area contributed by atoms with E-state index < -0.39 is 0 Å². The zero-order chi connectivity index (χ0) is 18.8. The van der Waals surface area contributed by atoms with Gasteiger partial charge in [0.15, 0.2) is 0 Å². The molecule has 0 aliphatic rings. The highest BCUT2D eigenvalue weighted by atomic mass is 32.1. The summed E-state index contributed by atoms with van der Waals surface area (Å²) < 4.78 is 1.15. The molecule has 1 atom stereocenters. The third-order valence-electron chi connectivity index (χ3n) is 4.86. The lowest BCUT2D eigenvalue weighted by Crippen LogP contribution is -2.34. The van der Waals surface area contributed by atoms with Crippen LogP contribution in [0.3, 0.4) is 0 Å². The summed E-state index contributed by atoms with van der Waals surface area (Å²) in [5.41, 5.74) is 1.96. The average molecular weight is 375 g/mol. The Balaban J connectivity index is 1.47. The summed E-state index contributed by atoms with van der Waals surface area (Å²) in [5, 5.41) is 6.53. The van der Waals surface area contributed by atoms with Gasteiger partial charge in [-0.15, -0.1) is 11.3 Å². The molecule has 0 aliphatic heterocycles. The van der Waals surface area contributed by atoms with E-state index in [2.05, 4.69) is 34.6 Å². The highest BCUT2D eigenvalue weighted by Gasteiger charge is 2.20. The molecule has 0 fully saturated rings. The molecular weight excluding hydrogens is 354 g/mol. The van der Waals surface area contributed by atoms with Crippen LogP contribution in [0.4, 0.5) is 5.69 Å². The van der Waals surface area contributed by atoms with Crippen molar-refractivity contribution >= 4 is 43.9 Å². The van der Waals surface area contributed by atoms with Crippen molar-refractivity contribution in [2.24, 2.45) is 0 Å². The number of carbonyl (C=O) groups excluding carboxylic acids is 1. The van der Waals surface area contributed by atoms with Crippen LogP contribution in [-0.2, 0) is 4.79 Å². The standard InChI is InChI=1S/C22H21N3OS/c1-15(22-24-19-11-5-6-13-20(19)27-22)25(2)21(26)14-23-18-12-7-9-16-8-3-4-10-17(16)18/h3-13,15,23H,14H2,1-2H3. The lowest BCUT2D eigenvalue weighted by atomic mass is 10.1. The van der Waals surface area contributed by atoms with Crippen LogP contribution in [0.25, 0.3) is 21.0 Å². The Bertz CT molecular complexity index is 1070. The number of benzene rings is 3. The molecule has 27 heavy (non-hydrogen) atoms. The molecule has 3 aromatic carbocycles. The van der Waals surface area contributed by atoms with Crippen molar-refractivity contribution in [2.75, 3.05) is 18.9 Å². The fourth-order valence-corrected chi connectivity index (χ4v) is 4.19. The number of carbonyl (C=O) groups is 1. The smallest absolute Gasteiger partial charge is 0.242 e. The number of hydrogen-bond donors (Lipinski definition) is 1. The van der Waals surface area contributed by atoms with E-state index in [0.717, 1.165) is 31.7 Å². The molecule has 0 saturated carbocycles. The molecule has 136 valence electrons. The minimum absolute atomic E-state index is 0.0368. The van der Waals surface area contributed by atoms with E-state index in [1.807, 2.05) is 56.4 Å². The number of amides is 1. The highest BCUT2D eigenvalue weighted by molar-refractivity contribution is 7.18. The molecule has 0 bridgehead atoms. The fourth-order valence-electron chi connectivity index (χ4n) is 3.13. The number of anilines is 1. The average Bonchev–Trinajstić information content (AvgIpc) is 3.15. The summed E-state index contributed by atoms with van der Waals surface area (Å²) in [5.74, 6) is 0.0368. The SMILES string of the molecule is CC(c1nc2ccccc2s1)N(C)C(=O)CNc1cccc2ccccc12. The second-order valence-electron chi connectivity index (χ2n) is 6.58. The van der Waals surface area contributed by atoms with Gasteiger partial charge in [0.1, 0.15) is 5.01 Å². The van der Waals surface area contributed by atoms with Crippen LogP contribution in [0.5, 0.6) is 0 Å². The number of thiazole rings is 1. The van der Waals surface area contributed by atoms with E-state index in [0.29, 0.717) is 0 Å². The molecule has 1 amide bonds. The van der Waals surface area contributed by atoms with Crippen LogP contribution in [0.2, 0.25) is 0 Å². The fraction of sp³-hybridized carbons (Fsp3) is 0.182. The number of nitrogens with one attached hydrogen (secondary N) is 1. The lowest BCUT2D eigenvalue weighted by molar-refractivity contribution is -0.129. The van der Waals surface area contributed by atoms with Gasteiger partial charge in [0.05, 0.1) is 22.8 Å². The monoisotopic (exact) mass is 375 g/mol. The van der Waals surface area contributed by atoms with Gasteiger partial charge >= 0.3 is 0 Å². The number of likely N-dealkylation sites (N-methyl/N-ethyl adjacent to an activating group) is 1. The summed E-state index contributed by atoms with van der Waals surface area (Å²) in [4.78, 5) is 19.2. The Hall–Kier alpha value is -2.92. The first-order valence-corrected chi connectivity index (χ1v) is 9.78. The minimum atomic E-state index is -0.0655. The molecule has 1 heterocycles. The van der Waals surface area contributed by atoms with Gasteiger partial charge in [0.2, 0.25) is 5.91 Å². The van der Waals surface area contributed by atoms with Gasteiger partial charge in [-0.1, -0.05) is 48.5 Å². The Kier molecular flexibility index (Phi) is 4.77. The molecule has 5 heteroatoms. The predicted molar refractivity (Wildman–Crippen MR) is 113 cm³/mol. The summed E-state index contributed by atoms with van der Waals surface area (Å²) >= 11 is 1.64. The number of fused-ring (bicyclic) bond motifs is 2. The van der Waals surface area contributed by atoms with E-state index >= 15 is 0 Å². The Labute approximate surface area is 162 Å². The first kappa shape index (κ1) is 17.5. The van der Waals surface area contributed by atoms with E-state index in [4.69, 9.17) is 0 Å². The highest BCUT2D eigenvalue weighted by Crippen LogP contribution is 2.29. The van der Waals surface area contributed by atoms with Gasteiger partial charge in [0.25, 0.3) is 0 Å². The Morgan fingerprint density at radius 2 is 1.81 bits per heavy atom. The third-order valence-corrected chi connectivity index (χ3v) is 6.07. The second-order valence-corrected chi connectivity index (χ2v) is 7.64. The van der Waals surface area contributed by atoms with Gasteiger partial charge in [-0.3, -0.25) is 4.79 Å². The summed E-state index contributed by atoms with van der Waals surface area (Å²) in [6, 6.07) is 22.2. The van der Waals surface area contributed by atoms with E-state index in [9.17, 15) is 4.79 Å². The van der Waals surface area contributed by atoms with Gasteiger partial charge in [0, 0.05) is 18.1 Å². The van der Waals surface area contributed by atoms with E-state index in [1.165, 1.54) is 0 Å². The van der Waals surface area contributed by atoms with Crippen molar-refractivity contribution < 1.29 is 4.79 Å². The zero-order valence-corrected chi connectivity index (χ0v) is 16.2. The topological polar surface area (TPSA) is 45.2 Å². The summed E-state index contributed by atoms with van der Waals surface area (Å²) in [6.07, 6.45) is 0. The molecule has 4 aromatic rings. The Morgan fingerprint density at radius 1 is 1.07 bits per heavy atom. The van der Waals surface area contributed by atoms with Crippen LogP contribution in [0, 0.1) is 0 Å². The quantitative estimate of drug-likeness (QED) is 0.529. The van der Waals surface area contributed by atoms with Gasteiger partial charge < -0.3 is 10.2 Å². The second kappa shape index (κ2) is 7.37. The maximum atomic E-state index is 12.7. The first-order valence-electron chi connectivity index (χ1n) is 8.96. The molecule has 0 aliphatic carbocycles. The molecule has 4 nitrogen and oxygen atoms in total. The maximum absolute atomic E-state index is 12.7. The van der Waals surface area contributed by atoms with Crippen molar-refractivity contribution in [3.8, 4) is 0 Å². The largest absolute Gasteiger partial charge is 0.376 e. The van der Waals surface area contributed by atoms with Crippen molar-refractivity contribution in [1.82, 2.24) is 9.88 Å². The molecule has 1 unspecified atom stereocenters. The number of rotatable bonds is 5. The van der Waals surface area contributed by atoms with Crippen molar-refractivity contribution in [3.05, 3.63) is 71.7 Å². The van der Waals surface area contributed by atoms with Crippen molar-refractivity contribution in [1.29, 1.82) is 0 Å². The lowest BCUT2D eigenvalue weighted by Gasteiger charge is -2.23. The summed E-state index contributed by atoms with van der Waals surface area (Å²) in [7, 11) is 1.84. The van der Waals surface area contributed by atoms with Crippen LogP contribution in [0.15, 0.2) is 66.7 Å². The van der Waals surface area contributed by atoms with Crippen LogP contribution >= 0.6 is 11.3 Å². The van der Waals surface area contributed by atoms with Crippen LogP contribution in [0.1, 0.15) is 18.0 Å². The minimum Gasteiger partial charge on any atom is -0.376 e. The van der Waals surface area contributed by atoms with Crippen molar-refractivity contribution in [2.45, 2.75) is 13.0 Å². The maximum Gasteiger partial charge on any atom is 0.242 e.